The average Bonchev–Trinajstić information content (AvgIpc) is 1.87. The Balaban J connectivity index is 3.20. The van der Waals surface area contributed by atoms with E-state index in [1.54, 1.807) is 0 Å². The van der Waals surface area contributed by atoms with Gasteiger partial charge in [-0.25, -0.2) is 4.79 Å². The van der Waals surface area contributed by atoms with Crippen LogP contribution in [0.15, 0.2) is 0 Å². The molecular weight excluding hydrogens is 143 g/mol. The molecule has 0 aromatic carbocycles. The molecule has 0 heterocycles. The minimum absolute atomic E-state index is 0.109. The first-order valence-corrected chi connectivity index (χ1v) is 2.70. The van der Waals surface area contributed by atoms with Gasteiger partial charge in [-0.15, -0.1) is 0 Å². The zero-order chi connectivity index (χ0) is 7.98. The molecule has 0 atom stereocenters. The van der Waals surface area contributed by atoms with Gasteiger partial charge in [-0.2, -0.15) is 0 Å². The van der Waals surface area contributed by atoms with E-state index in [9.17, 15) is 14.1 Å². The highest BCUT2D eigenvalue weighted by molar-refractivity contribution is 5.70. The van der Waals surface area contributed by atoms with Gasteiger partial charge >= 0.3 is 11.9 Å². The smallest absolute Gasteiger partial charge is 0.348 e. The second kappa shape index (κ2) is 4.72. The number of carbonyl (C=O) groups excluding carboxylic acids is 1. The molecule has 0 aliphatic rings. The van der Waals surface area contributed by atoms with Gasteiger partial charge in [0.25, 0.3) is 0 Å². The van der Waals surface area contributed by atoms with Crippen LogP contribution in [0.2, 0.25) is 0 Å². The molecule has 1 N–H and O–H groups in total. The first kappa shape index (κ1) is 8.87. The van der Waals surface area contributed by atoms with Crippen LogP contribution in [0.3, 0.4) is 0 Å². The third kappa shape index (κ3) is 5.02. The Morgan fingerprint density at radius 2 is 2.00 bits per heavy atom. The molecule has 58 valence electrons. The molecule has 0 spiro atoms. The summed E-state index contributed by atoms with van der Waals surface area (Å²) in [7, 11) is 0. The second-order valence-corrected chi connectivity index (χ2v) is 1.70. The Bertz CT molecular complexity index is 134. The van der Waals surface area contributed by atoms with Gasteiger partial charge in [0.05, 0.1) is 0 Å². The Kier molecular flexibility index (Phi) is 4.19. The lowest BCUT2D eigenvalue weighted by Gasteiger charge is -1.90. The van der Waals surface area contributed by atoms with E-state index in [0.29, 0.717) is 0 Å². The Hall–Kier alpha value is -1.13. The fourth-order valence-electron chi connectivity index (χ4n) is 0.423. The number of carboxylic acid groups (broad SMARTS) is 1. The molecular formula is C5H7FO4. The molecule has 4 nitrogen and oxygen atoms in total. The van der Waals surface area contributed by atoms with E-state index in [-0.39, 0.29) is 19.3 Å². The van der Waals surface area contributed by atoms with Crippen molar-refractivity contribution in [2.75, 3.05) is 0 Å². The maximum atomic E-state index is 10.9. The highest BCUT2D eigenvalue weighted by Crippen LogP contribution is 1.97. The molecule has 0 fully saturated rings. The maximum Gasteiger partial charge on any atom is 0.348 e. The average molecular weight is 150 g/mol. The molecule has 0 rings (SSSR count). The molecule has 10 heavy (non-hydrogen) atoms. The van der Waals surface area contributed by atoms with Crippen molar-refractivity contribution in [1.29, 1.82) is 0 Å². The van der Waals surface area contributed by atoms with E-state index < -0.39 is 11.9 Å². The van der Waals surface area contributed by atoms with Crippen molar-refractivity contribution in [3.8, 4) is 0 Å². The summed E-state index contributed by atoms with van der Waals surface area (Å²) < 4.78 is 10.9. The Morgan fingerprint density at radius 1 is 1.40 bits per heavy atom. The molecule has 0 unspecified atom stereocenters. The summed E-state index contributed by atoms with van der Waals surface area (Å²) in [4.78, 5) is 22.6. The molecule has 0 saturated heterocycles. The zero-order valence-corrected chi connectivity index (χ0v) is 5.17. The summed E-state index contributed by atoms with van der Waals surface area (Å²) >= 11 is 0. The SMILES string of the molecule is O=C(O)CCCC(=O)OF. The summed E-state index contributed by atoms with van der Waals surface area (Å²) in [5, 5.41) is 8.05. The minimum atomic E-state index is -1.03. The summed E-state index contributed by atoms with van der Waals surface area (Å²) in [6.07, 6.45) is -0.226. The number of hydrogen-bond acceptors (Lipinski definition) is 3. The Morgan fingerprint density at radius 3 is 2.40 bits per heavy atom. The lowest BCUT2D eigenvalue weighted by atomic mass is 10.2. The van der Waals surface area contributed by atoms with Crippen LogP contribution >= 0.6 is 0 Å². The number of halogens is 1. The van der Waals surface area contributed by atoms with Crippen LogP contribution in [0, 0.1) is 0 Å². The number of carbonyl (C=O) groups is 2. The number of aliphatic carboxylic acids is 1. The highest BCUT2D eigenvalue weighted by atomic mass is 19.3. The molecule has 0 aromatic rings. The molecule has 0 aliphatic carbocycles. The lowest BCUT2D eigenvalue weighted by molar-refractivity contribution is -0.183. The maximum absolute atomic E-state index is 10.9. The Labute approximate surface area is 56.5 Å². The molecule has 0 saturated carbocycles. The van der Waals surface area contributed by atoms with Crippen LogP contribution in [-0.4, -0.2) is 17.0 Å². The van der Waals surface area contributed by atoms with Gasteiger partial charge in [0.2, 0.25) is 0 Å². The second-order valence-electron chi connectivity index (χ2n) is 1.70. The van der Waals surface area contributed by atoms with E-state index in [2.05, 4.69) is 4.94 Å². The van der Waals surface area contributed by atoms with E-state index in [1.165, 1.54) is 0 Å². The van der Waals surface area contributed by atoms with Crippen molar-refractivity contribution in [3.63, 3.8) is 0 Å². The van der Waals surface area contributed by atoms with Gasteiger partial charge in [0.15, 0.2) is 0 Å². The van der Waals surface area contributed by atoms with Crippen LogP contribution in [0.4, 0.5) is 4.53 Å². The molecule has 0 aromatic heterocycles. The predicted octanol–water partition coefficient (Wildman–Crippen LogP) is 0.669. The van der Waals surface area contributed by atoms with Crippen LogP contribution in [0.1, 0.15) is 19.3 Å². The lowest BCUT2D eigenvalue weighted by Crippen LogP contribution is -2.00. The van der Waals surface area contributed by atoms with E-state index in [1.807, 2.05) is 0 Å². The molecule has 0 bridgehead atoms. The van der Waals surface area contributed by atoms with Crippen molar-refractivity contribution in [2.24, 2.45) is 0 Å². The molecule has 5 heteroatoms. The fourth-order valence-corrected chi connectivity index (χ4v) is 0.423. The van der Waals surface area contributed by atoms with Crippen molar-refractivity contribution >= 4 is 11.9 Å². The fraction of sp³-hybridized carbons (Fsp3) is 0.600. The van der Waals surface area contributed by atoms with Crippen LogP contribution in [0.25, 0.3) is 0 Å². The monoisotopic (exact) mass is 150 g/mol. The van der Waals surface area contributed by atoms with E-state index in [4.69, 9.17) is 5.11 Å². The number of rotatable bonds is 4. The molecule has 0 amide bonds. The van der Waals surface area contributed by atoms with Gasteiger partial charge in [-0.05, 0) is 6.42 Å². The van der Waals surface area contributed by atoms with Crippen LogP contribution in [0.5, 0.6) is 0 Å². The third-order valence-corrected chi connectivity index (χ3v) is 0.858. The van der Waals surface area contributed by atoms with E-state index >= 15 is 0 Å². The molecule has 0 aliphatic heterocycles. The standard InChI is InChI=1S/C5H7FO4/c6-10-5(9)3-1-2-4(7)8/h1-3H2,(H,7,8). The topological polar surface area (TPSA) is 63.6 Å². The number of hydrogen-bond donors (Lipinski definition) is 1. The van der Waals surface area contributed by atoms with E-state index in [0.717, 1.165) is 0 Å². The van der Waals surface area contributed by atoms with Gasteiger partial charge in [-0.3, -0.25) is 9.74 Å². The summed E-state index contributed by atoms with van der Waals surface area (Å²) in [5.74, 6) is -2.03. The van der Waals surface area contributed by atoms with Gasteiger partial charge in [0, 0.05) is 17.4 Å². The quantitative estimate of drug-likeness (QED) is 0.639. The largest absolute Gasteiger partial charge is 0.481 e. The first-order chi connectivity index (χ1) is 4.66. The van der Waals surface area contributed by atoms with Crippen LogP contribution < -0.4 is 0 Å². The van der Waals surface area contributed by atoms with Crippen molar-refractivity contribution in [1.82, 2.24) is 0 Å². The summed E-state index contributed by atoms with van der Waals surface area (Å²) in [5.41, 5.74) is 0. The third-order valence-electron chi connectivity index (χ3n) is 0.858. The normalized spacial score (nSPS) is 8.90. The highest BCUT2D eigenvalue weighted by Gasteiger charge is 2.04. The van der Waals surface area contributed by atoms with Crippen molar-refractivity contribution < 1.29 is 24.2 Å². The van der Waals surface area contributed by atoms with Gasteiger partial charge in [0.1, 0.15) is 0 Å². The minimum Gasteiger partial charge on any atom is -0.481 e. The zero-order valence-electron chi connectivity index (χ0n) is 5.17. The predicted molar refractivity (Wildman–Crippen MR) is 28.7 cm³/mol. The number of carboxylic acids is 1. The summed E-state index contributed by atoms with van der Waals surface area (Å²) in [6, 6.07) is 0. The van der Waals surface area contributed by atoms with Gasteiger partial charge < -0.3 is 5.11 Å². The molecule has 0 radical (unpaired) electrons. The van der Waals surface area contributed by atoms with Crippen molar-refractivity contribution in [3.05, 3.63) is 0 Å². The summed E-state index contributed by atoms with van der Waals surface area (Å²) in [6.45, 7) is 0. The van der Waals surface area contributed by atoms with Crippen LogP contribution in [-0.2, 0) is 14.5 Å². The first-order valence-electron chi connectivity index (χ1n) is 2.70. The van der Waals surface area contributed by atoms with Gasteiger partial charge in [-0.1, -0.05) is 0 Å². The van der Waals surface area contributed by atoms with Crippen molar-refractivity contribution in [2.45, 2.75) is 19.3 Å².